The lowest BCUT2D eigenvalue weighted by Crippen LogP contribution is -2.41. The number of anilines is 1. The molecule has 1 aliphatic rings. The lowest BCUT2D eigenvalue weighted by atomic mass is 9.92. The number of aliphatic hydroxyl groups excluding tert-OH is 2. The maximum absolute atomic E-state index is 12.0. The summed E-state index contributed by atoms with van der Waals surface area (Å²) in [7, 11) is 0. The Balaban J connectivity index is 1.89. The highest BCUT2D eigenvalue weighted by atomic mass is 16.6. The topological polar surface area (TPSA) is 188 Å². The highest BCUT2D eigenvalue weighted by Crippen LogP contribution is 2.40. The van der Waals surface area contributed by atoms with E-state index in [9.17, 15) is 25.5 Å². The molecule has 5 atom stereocenters. The number of nitrogens with two attached hydrogens (primary N) is 1. The van der Waals surface area contributed by atoms with E-state index in [1.165, 1.54) is 16.6 Å². The molecule has 3 heterocycles. The van der Waals surface area contributed by atoms with Gasteiger partial charge >= 0.3 is 5.97 Å². The number of aliphatic hydroxyl groups is 2. The van der Waals surface area contributed by atoms with Crippen LogP contribution in [-0.4, -0.2) is 66.9 Å². The third kappa shape index (κ3) is 3.39. The second-order valence-corrected chi connectivity index (χ2v) is 7.08. The van der Waals surface area contributed by atoms with Crippen molar-refractivity contribution in [2.24, 2.45) is 11.7 Å². The zero-order valence-corrected chi connectivity index (χ0v) is 15.8. The Morgan fingerprint density at radius 2 is 2.24 bits per heavy atom. The summed E-state index contributed by atoms with van der Waals surface area (Å²) in [5, 5.41) is 44.0. The van der Waals surface area contributed by atoms with E-state index in [1.807, 2.05) is 11.5 Å². The van der Waals surface area contributed by atoms with Crippen molar-refractivity contribution < 1.29 is 29.7 Å². The van der Waals surface area contributed by atoms with E-state index in [0.717, 1.165) is 6.33 Å². The van der Waals surface area contributed by atoms with Crippen LogP contribution in [0.1, 0.15) is 19.5 Å². The van der Waals surface area contributed by atoms with Crippen molar-refractivity contribution in [3.8, 4) is 6.07 Å². The summed E-state index contributed by atoms with van der Waals surface area (Å²) in [4.78, 5) is 15.8. The minimum atomic E-state index is -2.00. The van der Waals surface area contributed by atoms with E-state index < -0.39 is 42.5 Å². The number of carbonyl (C=O) groups is 1. The van der Waals surface area contributed by atoms with Gasteiger partial charge in [-0.3, -0.25) is 15.5 Å². The van der Waals surface area contributed by atoms with Crippen molar-refractivity contribution in [1.82, 2.24) is 14.6 Å². The highest BCUT2D eigenvalue weighted by molar-refractivity contribution is 5.75. The lowest BCUT2D eigenvalue weighted by molar-refractivity contribution is -0.153. The number of hydrogen-bond donors (Lipinski definition) is 5. The van der Waals surface area contributed by atoms with Crippen LogP contribution in [0.4, 0.5) is 5.82 Å². The minimum Gasteiger partial charge on any atom is -0.462 e. The molecule has 0 aromatic carbocycles. The van der Waals surface area contributed by atoms with Crippen LogP contribution < -0.4 is 11.2 Å². The maximum atomic E-state index is 12.0. The average Bonchev–Trinajstić information content (AvgIpc) is 3.26. The molecule has 0 spiro atoms. The normalized spacial score (nSPS) is 27.7. The first kappa shape index (κ1) is 20.9. The van der Waals surface area contributed by atoms with Crippen LogP contribution in [0, 0.1) is 17.2 Å². The van der Waals surface area contributed by atoms with Crippen LogP contribution in [0.2, 0.25) is 0 Å². The molecule has 0 saturated carbocycles. The Hall–Kier alpha value is -2.82. The van der Waals surface area contributed by atoms with Gasteiger partial charge in [-0.2, -0.15) is 10.4 Å². The van der Waals surface area contributed by atoms with Crippen LogP contribution in [0.25, 0.3) is 5.52 Å². The number of nitrogens with zero attached hydrogens (tertiary/aromatic N) is 4. The molecule has 0 unspecified atom stereocenters. The molecule has 1 aliphatic heterocycles. The van der Waals surface area contributed by atoms with Gasteiger partial charge in [0.15, 0.2) is 5.82 Å². The zero-order chi connectivity index (χ0) is 21.3. The van der Waals surface area contributed by atoms with E-state index in [-0.39, 0.29) is 17.4 Å². The van der Waals surface area contributed by atoms with Gasteiger partial charge in [0, 0.05) is 0 Å². The predicted molar refractivity (Wildman–Crippen MR) is 96.3 cm³/mol. The molecule has 29 heavy (non-hydrogen) atoms. The Morgan fingerprint density at radius 3 is 2.86 bits per heavy atom. The number of nitrogens with one attached hydrogen (secondary N) is 1. The fraction of sp³-hybridized carbons (Fsp3) is 0.529. The van der Waals surface area contributed by atoms with Gasteiger partial charge in [0.05, 0.1) is 5.69 Å². The summed E-state index contributed by atoms with van der Waals surface area (Å²) >= 11 is 0. The van der Waals surface area contributed by atoms with E-state index in [1.54, 1.807) is 13.8 Å². The predicted octanol–water partition coefficient (Wildman–Crippen LogP) is -1.10. The number of aromatic nitrogens is 3. The molecule has 0 amide bonds. The first-order valence-electron chi connectivity index (χ1n) is 8.87. The van der Waals surface area contributed by atoms with Gasteiger partial charge < -0.3 is 25.4 Å². The summed E-state index contributed by atoms with van der Waals surface area (Å²) in [5.74, 6) is -0.762. The van der Waals surface area contributed by atoms with E-state index in [4.69, 9.17) is 15.2 Å². The molecule has 3 rings (SSSR count). The van der Waals surface area contributed by atoms with Crippen LogP contribution in [0.3, 0.4) is 0 Å². The molecule has 1 fully saturated rings. The molecule has 12 heteroatoms. The summed E-state index contributed by atoms with van der Waals surface area (Å²) < 4.78 is 12.0. The van der Waals surface area contributed by atoms with Crippen molar-refractivity contribution in [2.45, 2.75) is 43.8 Å². The summed E-state index contributed by atoms with van der Waals surface area (Å²) in [6, 6.07) is 3.99. The second kappa shape index (κ2) is 7.90. The minimum absolute atomic E-state index is 0.0699. The number of rotatable bonds is 6. The molecular weight excluding hydrogens is 384 g/mol. The number of fused-ring (bicyclic) bond motifs is 1. The standard InChI is InChI=1S/C17H22N6O6/c1-8(2)12(19)16(26)28-5-10-13(24)14(25)17(6-18,29-10)11-4-3-9-15(22-27)20-7-21-23(9)11/h3-4,7-8,10,12-14,24-25,27H,5,19H2,1-2H3,(H,20,21,22)/t10-,12+,13-,14-,17+/m1/s1. The van der Waals surface area contributed by atoms with Crippen LogP contribution in [-0.2, 0) is 19.9 Å². The molecule has 6 N–H and O–H groups in total. The monoisotopic (exact) mass is 406 g/mol. The van der Waals surface area contributed by atoms with E-state index >= 15 is 0 Å². The van der Waals surface area contributed by atoms with Gasteiger partial charge in [-0.1, -0.05) is 13.8 Å². The van der Waals surface area contributed by atoms with Gasteiger partial charge in [0.1, 0.15) is 48.9 Å². The second-order valence-electron chi connectivity index (χ2n) is 7.08. The van der Waals surface area contributed by atoms with Crippen molar-refractivity contribution in [3.63, 3.8) is 0 Å². The first-order chi connectivity index (χ1) is 13.8. The smallest absolute Gasteiger partial charge is 0.323 e. The Kier molecular flexibility index (Phi) is 5.69. The summed E-state index contributed by atoms with van der Waals surface area (Å²) in [6.45, 7) is 3.11. The molecule has 12 nitrogen and oxygen atoms in total. The van der Waals surface area contributed by atoms with Gasteiger partial charge in [-0.15, -0.1) is 0 Å². The summed E-state index contributed by atoms with van der Waals surface area (Å²) in [5.41, 5.74) is 6.06. The van der Waals surface area contributed by atoms with Crippen molar-refractivity contribution in [2.75, 3.05) is 12.1 Å². The zero-order valence-electron chi connectivity index (χ0n) is 15.8. The molecule has 156 valence electrons. The number of nitriles is 1. The van der Waals surface area contributed by atoms with Gasteiger partial charge in [-0.05, 0) is 18.1 Å². The quantitative estimate of drug-likeness (QED) is 0.289. The molecule has 1 saturated heterocycles. The Morgan fingerprint density at radius 1 is 1.52 bits per heavy atom. The van der Waals surface area contributed by atoms with Crippen LogP contribution in [0.5, 0.6) is 0 Å². The summed E-state index contributed by atoms with van der Waals surface area (Å²) in [6.07, 6.45) is -3.21. The lowest BCUT2D eigenvalue weighted by Gasteiger charge is -2.24. The third-order valence-corrected chi connectivity index (χ3v) is 4.94. The van der Waals surface area contributed by atoms with Gasteiger partial charge in [0.2, 0.25) is 5.60 Å². The number of esters is 1. The average molecular weight is 406 g/mol. The van der Waals surface area contributed by atoms with Crippen molar-refractivity contribution >= 4 is 17.3 Å². The SMILES string of the molecule is CC(C)[C@H](N)C(=O)OC[C@H]1O[C@@](C#N)(c2ccc3c(NO)ncnn23)[C@H](O)[C@@H]1O. The van der Waals surface area contributed by atoms with Crippen LogP contribution >= 0.6 is 0 Å². The largest absolute Gasteiger partial charge is 0.462 e. The number of carbonyl (C=O) groups excluding carboxylic acids is 1. The Labute approximate surface area is 165 Å². The van der Waals surface area contributed by atoms with E-state index in [0.29, 0.717) is 5.52 Å². The van der Waals surface area contributed by atoms with Crippen molar-refractivity contribution in [3.05, 3.63) is 24.2 Å². The Bertz CT molecular complexity index is 942. The van der Waals surface area contributed by atoms with Gasteiger partial charge in [0.25, 0.3) is 0 Å². The molecule has 2 aromatic rings. The molecule has 0 aliphatic carbocycles. The number of ether oxygens (including phenoxy) is 2. The maximum Gasteiger partial charge on any atom is 0.323 e. The van der Waals surface area contributed by atoms with Crippen LogP contribution in [0.15, 0.2) is 18.5 Å². The van der Waals surface area contributed by atoms with E-state index in [2.05, 4.69) is 10.1 Å². The first-order valence-corrected chi connectivity index (χ1v) is 8.87. The molecule has 2 aromatic heterocycles. The third-order valence-electron chi connectivity index (χ3n) is 4.94. The molecule has 0 radical (unpaired) electrons. The number of hydrogen-bond acceptors (Lipinski definition) is 11. The fourth-order valence-corrected chi connectivity index (χ4v) is 3.15. The fourth-order valence-electron chi connectivity index (χ4n) is 3.15. The molecular formula is C17H22N6O6. The van der Waals surface area contributed by atoms with Crippen molar-refractivity contribution in [1.29, 1.82) is 5.26 Å². The van der Waals surface area contributed by atoms with Gasteiger partial charge in [-0.25, -0.2) is 9.50 Å². The molecule has 0 bridgehead atoms. The highest BCUT2D eigenvalue weighted by Gasteiger charge is 2.57.